The van der Waals surface area contributed by atoms with Crippen molar-refractivity contribution in [3.63, 3.8) is 0 Å². The van der Waals surface area contributed by atoms with Crippen LogP contribution in [0, 0.1) is 11.8 Å². The van der Waals surface area contributed by atoms with Crippen molar-refractivity contribution in [2.45, 2.75) is 38.1 Å². The lowest BCUT2D eigenvalue weighted by atomic mass is 9.81. The van der Waals surface area contributed by atoms with E-state index < -0.39 is 12.1 Å². The van der Waals surface area contributed by atoms with Crippen LogP contribution in [0.1, 0.15) is 24.8 Å². The highest BCUT2D eigenvalue weighted by atomic mass is 19.4. The Morgan fingerprint density at radius 2 is 1.93 bits per heavy atom. The van der Waals surface area contributed by atoms with Gasteiger partial charge in [0.05, 0.1) is 18.2 Å². The van der Waals surface area contributed by atoms with E-state index in [-0.39, 0.29) is 12.0 Å². The van der Waals surface area contributed by atoms with Crippen LogP contribution in [0.2, 0.25) is 0 Å². The quantitative estimate of drug-likeness (QED) is 0.779. The number of rotatable bonds is 3. The number of carboxylic acid groups (broad SMARTS) is 1. The second-order valence-electron chi connectivity index (χ2n) is 8.02. The standard InChI is InChI=1S/C17H26N4O2.C2HF3O2/c1-19-9-13(8-18-19)10-20-11-15(14-4-7-23-16(14)12-20)17(22)21-5-2-3-6-21;3-2(4,5)1(6)7/h8-9,14-16H,2-7,10-12H2,1H3;(H,6,7)/t14-,15-,16+;/m0./s1. The average Bonchev–Trinajstić information content (AvgIpc) is 3.42. The van der Waals surface area contributed by atoms with Crippen LogP contribution in [0.25, 0.3) is 0 Å². The van der Waals surface area contributed by atoms with E-state index in [1.54, 1.807) is 0 Å². The number of fused-ring (bicyclic) bond motifs is 1. The lowest BCUT2D eigenvalue weighted by Gasteiger charge is -2.40. The van der Waals surface area contributed by atoms with Crippen LogP contribution in [-0.2, 0) is 27.9 Å². The van der Waals surface area contributed by atoms with Crippen molar-refractivity contribution in [2.24, 2.45) is 18.9 Å². The number of hydrogen-bond acceptors (Lipinski definition) is 5. The first-order valence-electron chi connectivity index (χ1n) is 10.1. The van der Waals surface area contributed by atoms with Crippen LogP contribution in [0.3, 0.4) is 0 Å². The average molecular weight is 432 g/mol. The van der Waals surface area contributed by atoms with Gasteiger partial charge in [0.2, 0.25) is 5.91 Å². The van der Waals surface area contributed by atoms with E-state index in [9.17, 15) is 18.0 Å². The maximum absolute atomic E-state index is 13.0. The Bertz CT molecular complexity index is 748. The summed E-state index contributed by atoms with van der Waals surface area (Å²) in [5.41, 5.74) is 1.20. The molecule has 11 heteroatoms. The number of ether oxygens (including phenoxy) is 1. The van der Waals surface area contributed by atoms with Crippen molar-refractivity contribution in [3.8, 4) is 0 Å². The highest BCUT2D eigenvalue weighted by molar-refractivity contribution is 5.80. The zero-order chi connectivity index (χ0) is 21.9. The molecule has 168 valence electrons. The molecule has 3 fully saturated rings. The van der Waals surface area contributed by atoms with E-state index in [1.165, 1.54) is 5.56 Å². The summed E-state index contributed by atoms with van der Waals surface area (Å²) in [4.78, 5) is 26.3. The Hall–Kier alpha value is -2.14. The molecule has 0 saturated carbocycles. The number of hydrogen-bond donors (Lipinski definition) is 1. The zero-order valence-electron chi connectivity index (χ0n) is 16.8. The number of aromatic nitrogens is 2. The van der Waals surface area contributed by atoms with E-state index in [2.05, 4.69) is 21.1 Å². The number of halogens is 3. The molecule has 4 rings (SSSR count). The third-order valence-corrected chi connectivity index (χ3v) is 5.81. The van der Waals surface area contributed by atoms with Gasteiger partial charge in [-0.3, -0.25) is 14.4 Å². The summed E-state index contributed by atoms with van der Waals surface area (Å²) in [6.45, 7) is 5.33. The SMILES string of the molecule is Cn1cc(CN2C[C@H](C(=O)N3CCCC3)[C@@H]3CCO[C@@H]3C2)cn1.O=C(O)C(F)(F)F. The summed E-state index contributed by atoms with van der Waals surface area (Å²) < 4.78 is 39.5. The number of alkyl halides is 3. The van der Waals surface area contributed by atoms with Crippen molar-refractivity contribution in [1.29, 1.82) is 0 Å². The van der Waals surface area contributed by atoms with Gasteiger partial charge in [0.15, 0.2) is 0 Å². The Labute approximate surface area is 172 Å². The highest BCUT2D eigenvalue weighted by Gasteiger charge is 2.45. The van der Waals surface area contributed by atoms with Gasteiger partial charge in [0, 0.05) is 64.1 Å². The Kier molecular flexibility index (Phi) is 7.02. The molecule has 8 nitrogen and oxygen atoms in total. The zero-order valence-corrected chi connectivity index (χ0v) is 16.8. The first-order valence-corrected chi connectivity index (χ1v) is 10.1. The molecule has 3 aliphatic rings. The molecular weight excluding hydrogens is 405 g/mol. The molecular formula is C19H27F3N4O4. The van der Waals surface area contributed by atoms with Crippen LogP contribution in [-0.4, -0.2) is 81.6 Å². The number of carboxylic acids is 1. The van der Waals surface area contributed by atoms with Gasteiger partial charge in [-0.25, -0.2) is 4.79 Å². The fourth-order valence-corrected chi connectivity index (χ4v) is 4.43. The van der Waals surface area contributed by atoms with Gasteiger partial charge in [-0.1, -0.05) is 0 Å². The van der Waals surface area contributed by atoms with Crippen molar-refractivity contribution in [3.05, 3.63) is 18.0 Å². The van der Waals surface area contributed by atoms with Gasteiger partial charge in [0.1, 0.15) is 0 Å². The monoisotopic (exact) mass is 432 g/mol. The third-order valence-electron chi connectivity index (χ3n) is 5.81. The summed E-state index contributed by atoms with van der Waals surface area (Å²) in [5, 5.41) is 11.4. The normalized spacial score (nSPS) is 26.8. The molecule has 3 aliphatic heterocycles. The number of carbonyl (C=O) groups excluding carboxylic acids is 1. The summed E-state index contributed by atoms with van der Waals surface area (Å²) >= 11 is 0. The number of carbonyl (C=O) groups is 2. The smallest absolute Gasteiger partial charge is 0.475 e. The van der Waals surface area contributed by atoms with Gasteiger partial charge >= 0.3 is 12.1 Å². The molecule has 0 spiro atoms. The van der Waals surface area contributed by atoms with Gasteiger partial charge in [-0.05, 0) is 19.3 Å². The van der Waals surface area contributed by atoms with Gasteiger partial charge in [-0.15, -0.1) is 0 Å². The number of aryl methyl sites for hydroxylation is 1. The van der Waals surface area contributed by atoms with E-state index >= 15 is 0 Å². The highest BCUT2D eigenvalue weighted by Crippen LogP contribution is 2.35. The fourth-order valence-electron chi connectivity index (χ4n) is 4.43. The van der Waals surface area contributed by atoms with Crippen molar-refractivity contribution in [1.82, 2.24) is 19.6 Å². The second-order valence-corrected chi connectivity index (χ2v) is 8.02. The maximum atomic E-state index is 13.0. The number of nitrogens with zero attached hydrogens (tertiary/aromatic N) is 4. The minimum absolute atomic E-state index is 0.103. The molecule has 1 amide bonds. The molecule has 4 heterocycles. The number of aliphatic carboxylic acids is 1. The topological polar surface area (TPSA) is 87.9 Å². The lowest BCUT2D eigenvalue weighted by molar-refractivity contribution is -0.192. The van der Waals surface area contributed by atoms with Crippen LogP contribution in [0.5, 0.6) is 0 Å². The molecule has 0 aromatic carbocycles. The molecule has 1 aromatic rings. The molecule has 0 radical (unpaired) electrons. The fraction of sp³-hybridized carbons (Fsp3) is 0.737. The van der Waals surface area contributed by atoms with Crippen LogP contribution in [0.15, 0.2) is 12.4 Å². The first kappa shape index (κ1) is 22.5. The van der Waals surface area contributed by atoms with E-state index in [0.717, 1.165) is 58.6 Å². The number of piperidine rings is 1. The predicted octanol–water partition coefficient (Wildman–Crippen LogP) is 1.51. The largest absolute Gasteiger partial charge is 0.490 e. The van der Waals surface area contributed by atoms with E-state index in [0.29, 0.717) is 11.8 Å². The molecule has 0 bridgehead atoms. The lowest BCUT2D eigenvalue weighted by Crippen LogP contribution is -2.52. The molecule has 30 heavy (non-hydrogen) atoms. The first-order chi connectivity index (χ1) is 14.1. The molecule has 0 aliphatic carbocycles. The minimum atomic E-state index is -5.08. The summed E-state index contributed by atoms with van der Waals surface area (Å²) in [6, 6.07) is 0. The molecule has 3 saturated heterocycles. The Morgan fingerprint density at radius 1 is 1.27 bits per heavy atom. The summed E-state index contributed by atoms with van der Waals surface area (Å²) in [7, 11) is 1.94. The summed E-state index contributed by atoms with van der Waals surface area (Å²) in [6.07, 6.45) is 2.45. The van der Waals surface area contributed by atoms with E-state index in [1.807, 2.05) is 17.9 Å². The molecule has 0 unspecified atom stereocenters. The van der Waals surface area contributed by atoms with E-state index in [4.69, 9.17) is 14.6 Å². The third kappa shape index (κ3) is 5.51. The maximum Gasteiger partial charge on any atom is 0.490 e. The minimum Gasteiger partial charge on any atom is -0.475 e. The second kappa shape index (κ2) is 9.34. The van der Waals surface area contributed by atoms with Crippen molar-refractivity contribution in [2.75, 3.05) is 32.8 Å². The number of likely N-dealkylation sites (tertiary alicyclic amines) is 2. The number of amides is 1. The molecule has 3 atom stereocenters. The Balaban J connectivity index is 0.000000318. The van der Waals surface area contributed by atoms with Crippen LogP contribution < -0.4 is 0 Å². The predicted molar refractivity (Wildman–Crippen MR) is 99.3 cm³/mol. The van der Waals surface area contributed by atoms with Crippen molar-refractivity contribution < 1.29 is 32.6 Å². The van der Waals surface area contributed by atoms with Crippen LogP contribution in [0.4, 0.5) is 13.2 Å². The van der Waals surface area contributed by atoms with Gasteiger partial charge in [-0.2, -0.15) is 18.3 Å². The van der Waals surface area contributed by atoms with Crippen LogP contribution >= 0.6 is 0 Å². The molecule has 1 aromatic heterocycles. The van der Waals surface area contributed by atoms with Gasteiger partial charge < -0.3 is 14.7 Å². The Morgan fingerprint density at radius 3 is 2.50 bits per heavy atom. The van der Waals surface area contributed by atoms with Gasteiger partial charge in [0.25, 0.3) is 0 Å². The molecule has 1 N–H and O–H groups in total. The van der Waals surface area contributed by atoms with Crippen molar-refractivity contribution >= 4 is 11.9 Å². The summed E-state index contributed by atoms with van der Waals surface area (Å²) in [5.74, 6) is -1.88.